The molecule has 2 heterocycles. The monoisotopic (exact) mass is 368 g/mol. The van der Waals surface area contributed by atoms with E-state index < -0.39 is 0 Å². The molecule has 2 aromatic rings. The van der Waals surface area contributed by atoms with Crippen molar-refractivity contribution in [3.63, 3.8) is 0 Å². The van der Waals surface area contributed by atoms with Crippen molar-refractivity contribution in [1.82, 2.24) is 20.3 Å². The van der Waals surface area contributed by atoms with E-state index in [0.717, 1.165) is 30.0 Å². The van der Waals surface area contributed by atoms with Crippen LogP contribution in [0.25, 0.3) is 0 Å². The zero-order chi connectivity index (χ0) is 19.1. The van der Waals surface area contributed by atoms with Crippen LogP contribution in [-0.4, -0.2) is 33.9 Å². The first-order valence-corrected chi connectivity index (χ1v) is 9.67. The van der Waals surface area contributed by atoms with Gasteiger partial charge in [0.1, 0.15) is 23.3 Å². The number of hydrogen-bond donors (Lipinski definition) is 3. The van der Waals surface area contributed by atoms with Gasteiger partial charge in [0.15, 0.2) is 0 Å². The van der Waals surface area contributed by atoms with Crippen LogP contribution in [0, 0.1) is 19.8 Å². The summed E-state index contributed by atoms with van der Waals surface area (Å²) >= 11 is 0. The van der Waals surface area contributed by atoms with Gasteiger partial charge >= 0.3 is 0 Å². The number of aryl methyl sites for hydroxylation is 2. The number of pyridine rings is 1. The molecule has 7 nitrogen and oxygen atoms in total. The molecule has 3 rings (SSSR count). The Bertz CT molecular complexity index is 773. The number of amides is 1. The molecule has 3 N–H and O–H groups in total. The van der Waals surface area contributed by atoms with Gasteiger partial charge in [-0.25, -0.2) is 15.0 Å². The maximum Gasteiger partial charge on any atom is 0.223 e. The van der Waals surface area contributed by atoms with E-state index in [1.54, 1.807) is 6.20 Å². The van der Waals surface area contributed by atoms with Crippen LogP contribution in [0.3, 0.4) is 0 Å². The number of carbonyl (C=O) groups excluding carboxylic acids is 1. The van der Waals surface area contributed by atoms with E-state index in [2.05, 4.69) is 30.9 Å². The molecule has 0 atom stereocenters. The van der Waals surface area contributed by atoms with Crippen LogP contribution in [0.5, 0.6) is 0 Å². The SMILES string of the molecule is Cc1ccnc(Nc2cc(NCCNC(=O)C3CCCCC3)nc(C)n2)c1. The van der Waals surface area contributed by atoms with Gasteiger partial charge in [-0.2, -0.15) is 0 Å². The fourth-order valence-electron chi connectivity index (χ4n) is 3.34. The number of rotatable bonds is 7. The number of carbonyl (C=O) groups is 1. The van der Waals surface area contributed by atoms with Crippen molar-refractivity contribution in [2.45, 2.75) is 46.0 Å². The van der Waals surface area contributed by atoms with E-state index in [1.807, 2.05) is 32.0 Å². The Labute approximate surface area is 160 Å². The molecule has 0 bridgehead atoms. The van der Waals surface area contributed by atoms with Gasteiger partial charge in [-0.3, -0.25) is 4.79 Å². The third-order valence-electron chi connectivity index (χ3n) is 4.72. The molecule has 1 amide bonds. The van der Waals surface area contributed by atoms with Crippen LogP contribution in [-0.2, 0) is 4.79 Å². The van der Waals surface area contributed by atoms with E-state index in [1.165, 1.54) is 19.3 Å². The molecule has 0 aromatic carbocycles. The number of nitrogens with zero attached hydrogens (tertiary/aromatic N) is 3. The Kier molecular flexibility index (Phi) is 6.57. The van der Waals surface area contributed by atoms with Crippen molar-refractivity contribution in [2.24, 2.45) is 5.92 Å². The fourth-order valence-corrected chi connectivity index (χ4v) is 3.34. The Hall–Kier alpha value is -2.70. The van der Waals surface area contributed by atoms with Gasteiger partial charge in [-0.1, -0.05) is 19.3 Å². The van der Waals surface area contributed by atoms with Crippen LogP contribution in [0.4, 0.5) is 17.5 Å². The standard InChI is InChI=1S/C20H28N6O/c1-14-8-9-21-17(12-14)26-19-13-18(24-15(2)25-19)22-10-11-23-20(27)16-6-4-3-5-7-16/h8-9,12-13,16H,3-7,10-11H2,1-2H3,(H,23,27)(H2,21,22,24,25,26). The van der Waals surface area contributed by atoms with Gasteiger partial charge in [0, 0.05) is 31.3 Å². The predicted octanol–water partition coefficient (Wildman–Crippen LogP) is 3.34. The Morgan fingerprint density at radius 3 is 2.59 bits per heavy atom. The van der Waals surface area contributed by atoms with Crippen molar-refractivity contribution in [3.8, 4) is 0 Å². The third-order valence-corrected chi connectivity index (χ3v) is 4.72. The topological polar surface area (TPSA) is 91.8 Å². The molecule has 0 saturated heterocycles. The minimum Gasteiger partial charge on any atom is -0.368 e. The van der Waals surface area contributed by atoms with Gasteiger partial charge < -0.3 is 16.0 Å². The Morgan fingerprint density at radius 1 is 1.04 bits per heavy atom. The molecule has 0 aliphatic heterocycles. The molecule has 2 aromatic heterocycles. The zero-order valence-corrected chi connectivity index (χ0v) is 16.1. The molecule has 0 unspecified atom stereocenters. The van der Waals surface area contributed by atoms with Crippen molar-refractivity contribution < 1.29 is 4.79 Å². The summed E-state index contributed by atoms with van der Waals surface area (Å²) in [5.74, 6) is 3.21. The summed E-state index contributed by atoms with van der Waals surface area (Å²) in [5.41, 5.74) is 1.13. The molecule has 1 saturated carbocycles. The molecule has 27 heavy (non-hydrogen) atoms. The normalized spacial score (nSPS) is 14.6. The first-order chi connectivity index (χ1) is 13.1. The molecule has 0 radical (unpaired) electrons. The van der Waals surface area contributed by atoms with Gasteiger partial charge in [-0.15, -0.1) is 0 Å². The second-order valence-electron chi connectivity index (χ2n) is 7.08. The Morgan fingerprint density at radius 2 is 1.81 bits per heavy atom. The molecule has 1 fully saturated rings. The maximum atomic E-state index is 12.2. The lowest BCUT2D eigenvalue weighted by Gasteiger charge is -2.20. The van der Waals surface area contributed by atoms with Gasteiger partial charge in [0.05, 0.1) is 0 Å². The first kappa shape index (κ1) is 19.1. The first-order valence-electron chi connectivity index (χ1n) is 9.67. The van der Waals surface area contributed by atoms with Crippen molar-refractivity contribution in [1.29, 1.82) is 0 Å². The van der Waals surface area contributed by atoms with E-state index in [4.69, 9.17) is 0 Å². The highest BCUT2D eigenvalue weighted by molar-refractivity contribution is 5.78. The van der Waals surface area contributed by atoms with E-state index in [9.17, 15) is 4.79 Å². The van der Waals surface area contributed by atoms with E-state index in [0.29, 0.717) is 24.7 Å². The quantitative estimate of drug-likeness (QED) is 0.649. The van der Waals surface area contributed by atoms with Gasteiger partial charge in [-0.05, 0) is 44.4 Å². The lowest BCUT2D eigenvalue weighted by Crippen LogP contribution is -2.35. The number of anilines is 3. The third kappa shape index (κ3) is 5.91. The summed E-state index contributed by atoms with van der Waals surface area (Å²) in [4.78, 5) is 25.3. The molecule has 0 spiro atoms. The van der Waals surface area contributed by atoms with Crippen molar-refractivity contribution in [2.75, 3.05) is 23.7 Å². The molecule has 1 aliphatic carbocycles. The molecular formula is C20H28N6O. The van der Waals surface area contributed by atoms with Crippen molar-refractivity contribution in [3.05, 3.63) is 35.8 Å². The predicted molar refractivity (Wildman–Crippen MR) is 107 cm³/mol. The summed E-state index contributed by atoms with van der Waals surface area (Å²) in [6, 6.07) is 5.76. The summed E-state index contributed by atoms with van der Waals surface area (Å²) in [6.07, 6.45) is 7.40. The van der Waals surface area contributed by atoms with Crippen LogP contribution in [0.1, 0.15) is 43.5 Å². The highest BCUT2D eigenvalue weighted by Crippen LogP contribution is 2.23. The number of nitrogens with one attached hydrogen (secondary N) is 3. The number of hydrogen-bond acceptors (Lipinski definition) is 6. The van der Waals surface area contributed by atoms with Crippen LogP contribution >= 0.6 is 0 Å². The zero-order valence-electron chi connectivity index (χ0n) is 16.1. The Balaban J connectivity index is 1.49. The van der Waals surface area contributed by atoms with Crippen LogP contribution in [0.15, 0.2) is 24.4 Å². The molecular weight excluding hydrogens is 340 g/mol. The number of aromatic nitrogens is 3. The second-order valence-corrected chi connectivity index (χ2v) is 7.08. The molecule has 7 heteroatoms. The van der Waals surface area contributed by atoms with Gasteiger partial charge in [0.2, 0.25) is 5.91 Å². The lowest BCUT2D eigenvalue weighted by molar-refractivity contribution is -0.125. The van der Waals surface area contributed by atoms with Gasteiger partial charge in [0.25, 0.3) is 0 Å². The lowest BCUT2D eigenvalue weighted by atomic mass is 9.89. The van der Waals surface area contributed by atoms with Crippen LogP contribution < -0.4 is 16.0 Å². The smallest absolute Gasteiger partial charge is 0.223 e. The van der Waals surface area contributed by atoms with Crippen molar-refractivity contribution >= 4 is 23.4 Å². The minimum atomic E-state index is 0.184. The van der Waals surface area contributed by atoms with Crippen LogP contribution in [0.2, 0.25) is 0 Å². The summed E-state index contributed by atoms with van der Waals surface area (Å²) in [6.45, 7) is 5.08. The minimum absolute atomic E-state index is 0.184. The summed E-state index contributed by atoms with van der Waals surface area (Å²) < 4.78 is 0. The highest BCUT2D eigenvalue weighted by Gasteiger charge is 2.20. The largest absolute Gasteiger partial charge is 0.368 e. The molecule has 144 valence electrons. The van der Waals surface area contributed by atoms with E-state index >= 15 is 0 Å². The second kappa shape index (κ2) is 9.30. The molecule has 1 aliphatic rings. The highest BCUT2D eigenvalue weighted by atomic mass is 16.1. The maximum absolute atomic E-state index is 12.2. The summed E-state index contributed by atoms with van der Waals surface area (Å²) in [5, 5.41) is 9.49. The summed E-state index contributed by atoms with van der Waals surface area (Å²) in [7, 11) is 0. The average Bonchev–Trinajstić information content (AvgIpc) is 2.65. The average molecular weight is 368 g/mol. The van der Waals surface area contributed by atoms with E-state index in [-0.39, 0.29) is 11.8 Å². The fraction of sp³-hybridized carbons (Fsp3) is 0.500.